The average molecular weight is 537 g/mol. The first-order valence-electron chi connectivity index (χ1n) is 12.9. The predicted molar refractivity (Wildman–Crippen MR) is 140 cm³/mol. The maximum atomic E-state index is 13.2. The summed E-state index contributed by atoms with van der Waals surface area (Å²) < 4.78 is 5.25. The molecule has 3 atom stereocenters. The standard InChI is InChI=1S/C26H40N4O6S/c1-16(2)14-22(32)27-12-10-23(33)30-19(8-6-11-28-30)25(34)29-24(17(3)4)20(31)15-36-26(35)18(5)21-9-7-13-37-21/h7,9,13,16-19,24,28H,6,8,10-12,14-15H2,1-5H3,(H,27,32)(H,29,34). The van der Waals surface area contributed by atoms with Gasteiger partial charge in [-0.15, -0.1) is 11.3 Å². The van der Waals surface area contributed by atoms with Gasteiger partial charge in [0.1, 0.15) is 6.04 Å². The molecule has 0 bridgehead atoms. The summed E-state index contributed by atoms with van der Waals surface area (Å²) in [5, 5.41) is 8.67. The summed E-state index contributed by atoms with van der Waals surface area (Å²) in [6, 6.07) is 2.02. The number of amides is 3. The van der Waals surface area contributed by atoms with E-state index in [1.54, 1.807) is 20.8 Å². The number of Topliss-reactive ketones (excluding diaryl/α,β-unsaturated/α-hetero) is 1. The molecule has 206 valence electrons. The zero-order chi connectivity index (χ0) is 27.5. The van der Waals surface area contributed by atoms with Crippen molar-refractivity contribution < 1.29 is 28.7 Å². The molecule has 1 aliphatic rings. The van der Waals surface area contributed by atoms with Gasteiger partial charge in [-0.1, -0.05) is 33.8 Å². The summed E-state index contributed by atoms with van der Waals surface area (Å²) in [5.74, 6) is -2.31. The first-order valence-corrected chi connectivity index (χ1v) is 13.7. The maximum absolute atomic E-state index is 13.2. The first kappa shape index (κ1) is 30.4. The Morgan fingerprint density at radius 2 is 1.89 bits per heavy atom. The van der Waals surface area contributed by atoms with Gasteiger partial charge in [-0.05, 0) is 43.0 Å². The average Bonchev–Trinajstić information content (AvgIpc) is 3.39. The number of ketones is 1. The molecule has 0 aromatic carbocycles. The molecule has 1 saturated heterocycles. The quantitative estimate of drug-likeness (QED) is 0.329. The van der Waals surface area contributed by atoms with Crippen molar-refractivity contribution in [1.82, 2.24) is 21.1 Å². The fourth-order valence-corrected chi connectivity index (χ4v) is 4.77. The number of carbonyl (C=O) groups is 5. The summed E-state index contributed by atoms with van der Waals surface area (Å²) in [5.41, 5.74) is 2.97. The van der Waals surface area contributed by atoms with Gasteiger partial charge in [0, 0.05) is 30.8 Å². The van der Waals surface area contributed by atoms with Crippen molar-refractivity contribution in [1.29, 1.82) is 0 Å². The van der Waals surface area contributed by atoms with Crippen molar-refractivity contribution in [3.8, 4) is 0 Å². The van der Waals surface area contributed by atoms with Crippen LogP contribution < -0.4 is 16.1 Å². The second-order valence-electron chi connectivity index (χ2n) is 10.1. The van der Waals surface area contributed by atoms with E-state index in [1.165, 1.54) is 16.3 Å². The number of nitrogens with zero attached hydrogens (tertiary/aromatic N) is 1. The first-order chi connectivity index (χ1) is 17.5. The van der Waals surface area contributed by atoms with E-state index in [0.717, 1.165) is 4.88 Å². The van der Waals surface area contributed by atoms with Gasteiger partial charge in [0.05, 0.1) is 12.0 Å². The van der Waals surface area contributed by atoms with Crippen LogP contribution in [0.1, 0.15) is 71.1 Å². The van der Waals surface area contributed by atoms with Crippen molar-refractivity contribution in [3.63, 3.8) is 0 Å². The fraction of sp³-hybridized carbons (Fsp3) is 0.654. The smallest absolute Gasteiger partial charge is 0.314 e. The molecule has 0 spiro atoms. The molecule has 2 heterocycles. The second-order valence-corrected chi connectivity index (χ2v) is 11.0. The van der Waals surface area contributed by atoms with Gasteiger partial charge in [-0.2, -0.15) is 0 Å². The van der Waals surface area contributed by atoms with E-state index in [0.29, 0.717) is 25.8 Å². The summed E-state index contributed by atoms with van der Waals surface area (Å²) in [7, 11) is 0. The molecule has 2 rings (SSSR count). The van der Waals surface area contributed by atoms with Crippen LogP contribution >= 0.6 is 11.3 Å². The number of hydrogen-bond donors (Lipinski definition) is 3. The summed E-state index contributed by atoms with van der Waals surface area (Å²) >= 11 is 1.44. The van der Waals surface area contributed by atoms with Crippen LogP contribution in [0.15, 0.2) is 17.5 Å². The summed E-state index contributed by atoms with van der Waals surface area (Å²) in [6.07, 6.45) is 1.56. The highest BCUT2D eigenvalue weighted by molar-refractivity contribution is 7.10. The second kappa shape index (κ2) is 14.8. The van der Waals surface area contributed by atoms with Crippen LogP contribution in [0.3, 0.4) is 0 Å². The summed E-state index contributed by atoms with van der Waals surface area (Å²) in [4.78, 5) is 63.9. The minimum atomic E-state index is -0.869. The number of carbonyl (C=O) groups excluding carboxylic acids is 5. The van der Waals surface area contributed by atoms with E-state index >= 15 is 0 Å². The van der Waals surface area contributed by atoms with Crippen molar-refractivity contribution in [2.24, 2.45) is 11.8 Å². The molecular weight excluding hydrogens is 496 g/mol. The minimum Gasteiger partial charge on any atom is -0.457 e. The molecule has 10 nitrogen and oxygen atoms in total. The molecule has 1 aliphatic heterocycles. The molecule has 3 unspecified atom stereocenters. The highest BCUT2D eigenvalue weighted by Crippen LogP contribution is 2.22. The zero-order valence-corrected chi connectivity index (χ0v) is 23.2. The van der Waals surface area contributed by atoms with Gasteiger partial charge >= 0.3 is 5.97 Å². The van der Waals surface area contributed by atoms with Gasteiger partial charge in [-0.3, -0.25) is 29.0 Å². The number of hydrazine groups is 1. The van der Waals surface area contributed by atoms with Crippen LogP contribution in [0.4, 0.5) is 0 Å². The van der Waals surface area contributed by atoms with Crippen molar-refractivity contribution in [2.75, 3.05) is 19.7 Å². The fourth-order valence-electron chi connectivity index (χ4n) is 4.00. The Kier molecular flexibility index (Phi) is 12.2. The molecule has 1 aromatic heterocycles. The van der Waals surface area contributed by atoms with Crippen LogP contribution in [0.2, 0.25) is 0 Å². The lowest BCUT2D eigenvalue weighted by molar-refractivity contribution is -0.151. The van der Waals surface area contributed by atoms with Crippen LogP contribution in [-0.4, -0.2) is 66.3 Å². The van der Waals surface area contributed by atoms with Crippen molar-refractivity contribution in [2.45, 2.75) is 78.3 Å². The Bertz CT molecular complexity index is 934. The normalized spacial score (nSPS) is 17.3. The zero-order valence-electron chi connectivity index (χ0n) is 22.4. The molecule has 0 saturated carbocycles. The molecule has 1 fully saturated rings. The largest absolute Gasteiger partial charge is 0.457 e. The minimum absolute atomic E-state index is 0.0472. The Hall–Kier alpha value is -2.79. The SMILES string of the molecule is CC(C)CC(=O)NCCC(=O)N1NCCCC1C(=O)NC(C(=O)COC(=O)C(C)c1cccs1)C(C)C. The van der Waals surface area contributed by atoms with Crippen LogP contribution in [-0.2, 0) is 28.7 Å². The molecule has 11 heteroatoms. The lowest BCUT2D eigenvalue weighted by Gasteiger charge is -2.36. The molecule has 3 amide bonds. The Labute approximate surface area is 222 Å². The van der Waals surface area contributed by atoms with Gasteiger partial charge in [0.25, 0.3) is 0 Å². The van der Waals surface area contributed by atoms with Gasteiger partial charge in [0.2, 0.25) is 17.7 Å². The highest BCUT2D eigenvalue weighted by Gasteiger charge is 2.35. The number of thiophene rings is 1. The molecule has 1 aromatic rings. The van der Waals surface area contributed by atoms with Gasteiger partial charge < -0.3 is 15.4 Å². The highest BCUT2D eigenvalue weighted by atomic mass is 32.1. The van der Waals surface area contributed by atoms with Crippen LogP contribution in [0, 0.1) is 11.8 Å². The van der Waals surface area contributed by atoms with Crippen molar-refractivity contribution >= 4 is 40.8 Å². The molecule has 3 N–H and O–H groups in total. The van der Waals surface area contributed by atoms with Gasteiger partial charge in [-0.25, -0.2) is 5.43 Å². The van der Waals surface area contributed by atoms with Crippen LogP contribution in [0.25, 0.3) is 0 Å². The number of esters is 1. The van der Waals surface area contributed by atoms with E-state index in [9.17, 15) is 24.0 Å². The monoisotopic (exact) mass is 536 g/mol. The topological polar surface area (TPSA) is 134 Å². The molecule has 0 radical (unpaired) electrons. The lowest BCUT2D eigenvalue weighted by Crippen LogP contribution is -2.61. The van der Waals surface area contributed by atoms with E-state index < -0.39 is 42.3 Å². The Morgan fingerprint density at radius 1 is 1.16 bits per heavy atom. The lowest BCUT2D eigenvalue weighted by atomic mass is 9.98. The van der Waals surface area contributed by atoms with Crippen LogP contribution in [0.5, 0.6) is 0 Å². The third kappa shape index (κ3) is 9.55. The van der Waals surface area contributed by atoms with E-state index in [-0.39, 0.29) is 36.6 Å². The molecular formula is C26H40N4O6S. The maximum Gasteiger partial charge on any atom is 0.314 e. The summed E-state index contributed by atoms with van der Waals surface area (Å²) in [6.45, 7) is 9.46. The third-order valence-corrected chi connectivity index (χ3v) is 7.12. The molecule has 37 heavy (non-hydrogen) atoms. The number of hydrogen-bond acceptors (Lipinski definition) is 8. The van der Waals surface area contributed by atoms with Gasteiger partial charge in [0.15, 0.2) is 12.4 Å². The third-order valence-electron chi connectivity index (χ3n) is 6.07. The molecule has 0 aliphatic carbocycles. The Morgan fingerprint density at radius 3 is 2.51 bits per heavy atom. The van der Waals surface area contributed by atoms with E-state index in [2.05, 4.69) is 16.1 Å². The van der Waals surface area contributed by atoms with E-state index in [4.69, 9.17) is 4.74 Å². The number of nitrogens with one attached hydrogen (secondary N) is 3. The predicted octanol–water partition coefficient (Wildman–Crippen LogP) is 2.15. The van der Waals surface area contributed by atoms with Crippen molar-refractivity contribution in [3.05, 3.63) is 22.4 Å². The number of rotatable bonds is 13. The van der Waals surface area contributed by atoms with E-state index in [1.807, 2.05) is 31.4 Å². The Balaban J connectivity index is 1.93. The number of ether oxygens (including phenoxy) is 1.